The van der Waals surface area contributed by atoms with Gasteiger partial charge in [-0.05, 0) is 12.1 Å². The minimum atomic E-state index is 0.800. The summed E-state index contributed by atoms with van der Waals surface area (Å²) in [5.41, 5.74) is 2.10. The Labute approximate surface area is 98.6 Å². The van der Waals surface area contributed by atoms with Crippen LogP contribution < -0.4 is 5.32 Å². The number of rotatable bonds is 4. The van der Waals surface area contributed by atoms with E-state index in [0.29, 0.717) is 0 Å². The molecule has 0 bridgehead atoms. The predicted molar refractivity (Wildman–Crippen MR) is 65.4 cm³/mol. The van der Waals surface area contributed by atoms with Crippen molar-refractivity contribution >= 4 is 17.4 Å². The van der Waals surface area contributed by atoms with Gasteiger partial charge >= 0.3 is 0 Å². The summed E-state index contributed by atoms with van der Waals surface area (Å²) in [6.45, 7) is 0. The molecule has 0 saturated heterocycles. The van der Waals surface area contributed by atoms with Gasteiger partial charge < -0.3 is 5.32 Å². The third-order valence-electron chi connectivity index (χ3n) is 2.01. The molecule has 0 saturated carbocycles. The van der Waals surface area contributed by atoms with Crippen LogP contribution in [-0.2, 0) is 5.75 Å². The predicted octanol–water partition coefficient (Wildman–Crippen LogP) is 2.21. The van der Waals surface area contributed by atoms with Crippen LogP contribution in [0.1, 0.15) is 5.69 Å². The van der Waals surface area contributed by atoms with Crippen molar-refractivity contribution < 1.29 is 0 Å². The van der Waals surface area contributed by atoms with Gasteiger partial charge in [0.15, 0.2) is 0 Å². The minimum absolute atomic E-state index is 0.800. The third kappa shape index (κ3) is 2.93. The molecule has 4 nitrogen and oxygen atoms in total. The molecule has 2 heterocycles. The van der Waals surface area contributed by atoms with Gasteiger partial charge in [-0.1, -0.05) is 11.8 Å². The standard InChI is InChI=1S/C11H12N4S/c1-12-9-2-3-14-10(6-9)8-16-11-7-13-4-5-15-11/h2-7H,8H2,1H3,(H,12,14). The van der Waals surface area contributed by atoms with Gasteiger partial charge in [0, 0.05) is 37.1 Å². The maximum absolute atomic E-state index is 4.29. The summed E-state index contributed by atoms with van der Waals surface area (Å²) < 4.78 is 0. The normalized spacial score (nSPS) is 10.1. The third-order valence-corrected chi connectivity index (χ3v) is 2.96. The smallest absolute Gasteiger partial charge is 0.115 e. The highest BCUT2D eigenvalue weighted by atomic mass is 32.2. The average Bonchev–Trinajstić information content (AvgIpc) is 2.38. The molecule has 0 atom stereocenters. The van der Waals surface area contributed by atoms with Crippen molar-refractivity contribution in [3.05, 3.63) is 42.6 Å². The molecule has 0 amide bonds. The van der Waals surface area contributed by atoms with Crippen LogP contribution in [0.2, 0.25) is 0 Å². The van der Waals surface area contributed by atoms with E-state index in [0.717, 1.165) is 22.2 Å². The van der Waals surface area contributed by atoms with Gasteiger partial charge in [-0.15, -0.1) is 0 Å². The Morgan fingerprint density at radius 2 is 2.19 bits per heavy atom. The molecule has 2 rings (SSSR count). The Hall–Kier alpha value is -1.62. The summed E-state index contributed by atoms with van der Waals surface area (Å²) in [6, 6.07) is 3.97. The zero-order chi connectivity index (χ0) is 11.2. The Bertz CT molecular complexity index is 447. The van der Waals surface area contributed by atoms with Gasteiger partial charge in [0.1, 0.15) is 5.03 Å². The molecular weight excluding hydrogens is 220 g/mol. The topological polar surface area (TPSA) is 50.7 Å². The van der Waals surface area contributed by atoms with Crippen LogP contribution in [0.25, 0.3) is 0 Å². The van der Waals surface area contributed by atoms with Crippen LogP contribution in [0.15, 0.2) is 41.9 Å². The Kier molecular flexibility index (Phi) is 3.71. The molecule has 1 N–H and O–H groups in total. The second-order valence-electron chi connectivity index (χ2n) is 3.12. The number of aromatic nitrogens is 3. The summed E-state index contributed by atoms with van der Waals surface area (Å²) in [4.78, 5) is 12.5. The summed E-state index contributed by atoms with van der Waals surface area (Å²) >= 11 is 1.63. The molecule has 0 fully saturated rings. The van der Waals surface area contributed by atoms with Crippen molar-refractivity contribution in [1.82, 2.24) is 15.0 Å². The monoisotopic (exact) mass is 232 g/mol. The fraction of sp³-hybridized carbons (Fsp3) is 0.182. The van der Waals surface area contributed by atoms with Crippen LogP contribution in [0.5, 0.6) is 0 Å². The fourth-order valence-electron chi connectivity index (χ4n) is 1.22. The van der Waals surface area contributed by atoms with E-state index in [1.54, 1.807) is 36.5 Å². The molecule has 82 valence electrons. The van der Waals surface area contributed by atoms with Crippen molar-refractivity contribution in [2.45, 2.75) is 10.8 Å². The largest absolute Gasteiger partial charge is 0.388 e. The molecule has 0 unspecified atom stereocenters. The van der Waals surface area contributed by atoms with Crippen LogP contribution in [0, 0.1) is 0 Å². The quantitative estimate of drug-likeness (QED) is 0.819. The zero-order valence-corrected chi connectivity index (χ0v) is 9.74. The van der Waals surface area contributed by atoms with Crippen LogP contribution in [0.3, 0.4) is 0 Å². The van der Waals surface area contributed by atoms with E-state index < -0.39 is 0 Å². The van der Waals surface area contributed by atoms with Gasteiger partial charge in [0.2, 0.25) is 0 Å². The van der Waals surface area contributed by atoms with Crippen LogP contribution in [0.4, 0.5) is 5.69 Å². The highest BCUT2D eigenvalue weighted by molar-refractivity contribution is 7.98. The molecular formula is C11H12N4S. The summed E-state index contributed by atoms with van der Waals surface area (Å²) in [5.74, 6) is 0.800. The second kappa shape index (κ2) is 5.46. The lowest BCUT2D eigenvalue weighted by molar-refractivity contribution is 1.05. The Balaban J connectivity index is 1.99. The first kappa shape index (κ1) is 10.9. The van der Waals surface area contributed by atoms with Gasteiger partial charge in [-0.2, -0.15) is 0 Å². The molecule has 16 heavy (non-hydrogen) atoms. The minimum Gasteiger partial charge on any atom is -0.388 e. The van der Waals surface area contributed by atoms with E-state index in [1.807, 2.05) is 19.2 Å². The van der Waals surface area contributed by atoms with Gasteiger partial charge in [0.05, 0.1) is 11.9 Å². The molecule has 2 aromatic rings. The molecule has 0 aliphatic heterocycles. The number of nitrogens with zero attached hydrogens (tertiary/aromatic N) is 3. The summed E-state index contributed by atoms with van der Waals surface area (Å²) in [5, 5.41) is 4.00. The first-order valence-electron chi connectivity index (χ1n) is 4.90. The average molecular weight is 232 g/mol. The van der Waals surface area contributed by atoms with Crippen LogP contribution in [-0.4, -0.2) is 22.0 Å². The first-order valence-corrected chi connectivity index (χ1v) is 5.88. The number of nitrogens with one attached hydrogen (secondary N) is 1. The van der Waals surface area contributed by atoms with Gasteiger partial charge in [0.25, 0.3) is 0 Å². The van der Waals surface area contributed by atoms with Crippen molar-refractivity contribution in [1.29, 1.82) is 0 Å². The van der Waals surface area contributed by atoms with Crippen molar-refractivity contribution in [3.63, 3.8) is 0 Å². The van der Waals surface area contributed by atoms with Gasteiger partial charge in [-0.25, -0.2) is 4.98 Å². The molecule has 0 spiro atoms. The zero-order valence-electron chi connectivity index (χ0n) is 8.92. The van der Waals surface area contributed by atoms with Crippen LogP contribution >= 0.6 is 11.8 Å². The van der Waals surface area contributed by atoms with E-state index in [1.165, 1.54) is 0 Å². The lowest BCUT2D eigenvalue weighted by Gasteiger charge is -2.03. The number of hydrogen-bond donors (Lipinski definition) is 1. The SMILES string of the molecule is CNc1ccnc(CSc2cnccn2)c1. The van der Waals surface area contributed by atoms with Gasteiger partial charge in [-0.3, -0.25) is 9.97 Å². The van der Waals surface area contributed by atoms with E-state index in [9.17, 15) is 0 Å². The molecule has 5 heteroatoms. The Morgan fingerprint density at radius 3 is 2.94 bits per heavy atom. The highest BCUT2D eigenvalue weighted by Crippen LogP contribution is 2.19. The van der Waals surface area contributed by atoms with Crippen molar-refractivity contribution in [3.8, 4) is 0 Å². The molecule has 0 aromatic carbocycles. The second-order valence-corrected chi connectivity index (χ2v) is 4.11. The maximum atomic E-state index is 4.29. The molecule has 0 aliphatic carbocycles. The maximum Gasteiger partial charge on any atom is 0.115 e. The van der Waals surface area contributed by atoms with E-state index in [4.69, 9.17) is 0 Å². The molecule has 0 aliphatic rings. The van der Waals surface area contributed by atoms with E-state index in [2.05, 4.69) is 20.3 Å². The number of pyridine rings is 1. The highest BCUT2D eigenvalue weighted by Gasteiger charge is 1.99. The molecule has 2 aromatic heterocycles. The summed E-state index contributed by atoms with van der Waals surface area (Å²) in [6.07, 6.45) is 6.93. The number of thioether (sulfide) groups is 1. The van der Waals surface area contributed by atoms with Crippen molar-refractivity contribution in [2.75, 3.05) is 12.4 Å². The Morgan fingerprint density at radius 1 is 1.25 bits per heavy atom. The fourth-order valence-corrected chi connectivity index (χ4v) is 1.94. The van der Waals surface area contributed by atoms with Crippen molar-refractivity contribution in [2.24, 2.45) is 0 Å². The van der Waals surface area contributed by atoms with E-state index >= 15 is 0 Å². The summed E-state index contributed by atoms with van der Waals surface area (Å²) in [7, 11) is 1.90. The molecule has 0 radical (unpaired) electrons. The lowest BCUT2D eigenvalue weighted by atomic mass is 10.3. The van der Waals surface area contributed by atoms with E-state index in [-0.39, 0.29) is 0 Å². The lowest BCUT2D eigenvalue weighted by Crippen LogP contribution is -1.92. The first-order chi connectivity index (χ1) is 7.88. The number of anilines is 1. The number of hydrogen-bond acceptors (Lipinski definition) is 5.